The van der Waals surface area contributed by atoms with Crippen LogP contribution in [0.25, 0.3) is 0 Å². The highest BCUT2D eigenvalue weighted by molar-refractivity contribution is 5.92. The zero-order valence-electron chi connectivity index (χ0n) is 13.5. The molecule has 1 heterocycles. The number of rotatable bonds is 8. The Morgan fingerprint density at radius 2 is 1.88 bits per heavy atom. The minimum absolute atomic E-state index is 0.265. The van der Waals surface area contributed by atoms with Gasteiger partial charge in [-0.15, -0.1) is 10.2 Å². The van der Waals surface area contributed by atoms with Gasteiger partial charge in [-0.25, -0.2) is 0 Å². The number of carbonyl (C=O) groups excluding carboxylic acids is 1. The van der Waals surface area contributed by atoms with Crippen LogP contribution in [0, 0.1) is 0 Å². The summed E-state index contributed by atoms with van der Waals surface area (Å²) in [5.41, 5.74) is 0.292. The number of hydrogen-bond acceptors (Lipinski definition) is 6. The van der Waals surface area contributed by atoms with Crippen molar-refractivity contribution in [1.29, 1.82) is 0 Å². The number of aromatic nitrogens is 2. The van der Waals surface area contributed by atoms with Crippen LogP contribution in [0.5, 0.6) is 11.5 Å². The Morgan fingerprint density at radius 1 is 1.12 bits per heavy atom. The van der Waals surface area contributed by atoms with Gasteiger partial charge in [0.15, 0.2) is 5.69 Å². The molecule has 1 amide bonds. The standard InChI is InChI=1S/C17H20N4O3/c1-23-13-4-6-14(7-5-13)24-11-10-18-17(22)15-8-9-16(21-20-15)19-12-2-3-12/h4-9,12H,2-3,10-11H2,1H3,(H,18,22)(H,19,21). The van der Waals surface area contributed by atoms with Crippen molar-refractivity contribution in [2.24, 2.45) is 0 Å². The molecule has 0 spiro atoms. The predicted molar refractivity (Wildman–Crippen MR) is 89.5 cm³/mol. The van der Waals surface area contributed by atoms with Gasteiger partial charge in [0.05, 0.1) is 13.7 Å². The van der Waals surface area contributed by atoms with Gasteiger partial charge in [-0.1, -0.05) is 0 Å². The molecule has 1 aromatic heterocycles. The van der Waals surface area contributed by atoms with Crippen molar-refractivity contribution in [3.8, 4) is 11.5 Å². The van der Waals surface area contributed by atoms with E-state index in [1.807, 2.05) is 24.3 Å². The van der Waals surface area contributed by atoms with Gasteiger partial charge in [0.2, 0.25) is 0 Å². The third-order valence-corrected chi connectivity index (χ3v) is 3.54. The van der Waals surface area contributed by atoms with Crippen molar-refractivity contribution in [1.82, 2.24) is 15.5 Å². The molecule has 1 aliphatic rings. The van der Waals surface area contributed by atoms with E-state index in [2.05, 4.69) is 20.8 Å². The Hall–Kier alpha value is -2.83. The highest BCUT2D eigenvalue weighted by Crippen LogP contribution is 2.23. The van der Waals surface area contributed by atoms with Crippen molar-refractivity contribution in [2.75, 3.05) is 25.6 Å². The molecule has 0 unspecified atom stereocenters. The molecule has 2 N–H and O–H groups in total. The average Bonchev–Trinajstić information content (AvgIpc) is 3.44. The Morgan fingerprint density at radius 3 is 2.50 bits per heavy atom. The van der Waals surface area contributed by atoms with E-state index < -0.39 is 0 Å². The number of benzene rings is 1. The van der Waals surface area contributed by atoms with Crippen LogP contribution >= 0.6 is 0 Å². The summed E-state index contributed by atoms with van der Waals surface area (Å²) in [6.07, 6.45) is 2.33. The molecule has 1 saturated carbocycles. The van der Waals surface area contributed by atoms with Crippen LogP contribution in [-0.2, 0) is 0 Å². The van der Waals surface area contributed by atoms with Gasteiger partial charge in [-0.2, -0.15) is 0 Å². The van der Waals surface area contributed by atoms with Crippen molar-refractivity contribution in [2.45, 2.75) is 18.9 Å². The Balaban J connectivity index is 1.39. The third-order valence-electron chi connectivity index (χ3n) is 3.54. The number of anilines is 1. The lowest BCUT2D eigenvalue weighted by Crippen LogP contribution is -2.29. The first-order valence-corrected chi connectivity index (χ1v) is 7.90. The smallest absolute Gasteiger partial charge is 0.271 e. The van der Waals surface area contributed by atoms with Gasteiger partial charge in [0.25, 0.3) is 5.91 Å². The van der Waals surface area contributed by atoms with Gasteiger partial charge in [-0.05, 0) is 49.2 Å². The molecule has 0 aliphatic heterocycles. The molecular weight excluding hydrogens is 308 g/mol. The summed E-state index contributed by atoms with van der Waals surface area (Å²) in [6.45, 7) is 0.751. The molecule has 24 heavy (non-hydrogen) atoms. The number of methoxy groups -OCH3 is 1. The molecule has 7 heteroatoms. The lowest BCUT2D eigenvalue weighted by Gasteiger charge is -2.08. The van der Waals surface area contributed by atoms with E-state index in [1.54, 1.807) is 19.2 Å². The first-order chi connectivity index (χ1) is 11.7. The number of ether oxygens (including phenoxy) is 2. The summed E-state index contributed by atoms with van der Waals surface area (Å²) in [5.74, 6) is 1.94. The Bertz CT molecular complexity index is 669. The van der Waals surface area contributed by atoms with E-state index in [9.17, 15) is 4.79 Å². The fourth-order valence-electron chi connectivity index (χ4n) is 2.06. The topological polar surface area (TPSA) is 85.4 Å². The maximum absolute atomic E-state index is 12.0. The quantitative estimate of drug-likeness (QED) is 0.720. The Kier molecular flexibility index (Phi) is 5.10. The number of nitrogens with zero attached hydrogens (tertiary/aromatic N) is 2. The molecule has 0 radical (unpaired) electrons. The minimum atomic E-state index is -0.265. The van der Waals surface area contributed by atoms with E-state index in [1.165, 1.54) is 0 Å². The molecule has 7 nitrogen and oxygen atoms in total. The first-order valence-electron chi connectivity index (χ1n) is 7.90. The summed E-state index contributed by atoms with van der Waals surface area (Å²) < 4.78 is 10.6. The highest BCUT2D eigenvalue weighted by Gasteiger charge is 2.21. The zero-order chi connectivity index (χ0) is 16.8. The van der Waals surface area contributed by atoms with Crippen LogP contribution in [0.2, 0.25) is 0 Å². The summed E-state index contributed by atoms with van der Waals surface area (Å²) in [7, 11) is 1.61. The van der Waals surface area contributed by atoms with E-state index in [4.69, 9.17) is 9.47 Å². The van der Waals surface area contributed by atoms with Crippen molar-refractivity contribution in [3.63, 3.8) is 0 Å². The van der Waals surface area contributed by atoms with Gasteiger partial charge in [0, 0.05) is 6.04 Å². The molecule has 3 rings (SSSR count). The van der Waals surface area contributed by atoms with Gasteiger partial charge < -0.3 is 20.1 Å². The number of amides is 1. The maximum Gasteiger partial charge on any atom is 0.271 e. The fraction of sp³-hybridized carbons (Fsp3) is 0.353. The van der Waals surface area contributed by atoms with E-state index in [0.29, 0.717) is 30.7 Å². The van der Waals surface area contributed by atoms with E-state index in [0.717, 1.165) is 24.3 Å². The van der Waals surface area contributed by atoms with Crippen molar-refractivity contribution in [3.05, 3.63) is 42.1 Å². The first kappa shape index (κ1) is 16.0. The second-order valence-corrected chi connectivity index (χ2v) is 5.50. The molecule has 1 aliphatic carbocycles. The summed E-state index contributed by atoms with van der Waals surface area (Å²) in [5, 5.41) is 13.9. The monoisotopic (exact) mass is 328 g/mol. The summed E-state index contributed by atoms with van der Waals surface area (Å²) in [4.78, 5) is 12.0. The normalized spacial score (nSPS) is 13.2. The molecule has 0 saturated heterocycles. The average molecular weight is 328 g/mol. The Labute approximate surface area is 140 Å². The molecule has 0 bridgehead atoms. The lowest BCUT2D eigenvalue weighted by atomic mass is 10.3. The molecule has 126 valence electrons. The van der Waals surface area contributed by atoms with E-state index in [-0.39, 0.29) is 5.91 Å². The number of hydrogen-bond donors (Lipinski definition) is 2. The molecule has 2 aromatic rings. The molecule has 0 atom stereocenters. The van der Waals surface area contributed by atoms with Crippen molar-refractivity contribution < 1.29 is 14.3 Å². The maximum atomic E-state index is 12.0. The third kappa shape index (κ3) is 4.58. The van der Waals surface area contributed by atoms with Gasteiger partial charge in [-0.3, -0.25) is 4.79 Å². The number of carbonyl (C=O) groups is 1. The number of nitrogens with one attached hydrogen (secondary N) is 2. The molecule has 1 aromatic carbocycles. The second-order valence-electron chi connectivity index (χ2n) is 5.50. The van der Waals surface area contributed by atoms with E-state index >= 15 is 0 Å². The highest BCUT2D eigenvalue weighted by atomic mass is 16.5. The summed E-state index contributed by atoms with van der Waals surface area (Å²) in [6, 6.07) is 11.2. The molecule has 1 fully saturated rings. The SMILES string of the molecule is COc1ccc(OCCNC(=O)c2ccc(NC3CC3)nn2)cc1. The van der Waals surface area contributed by atoms with Crippen molar-refractivity contribution >= 4 is 11.7 Å². The van der Waals surface area contributed by atoms with Crippen LogP contribution in [0.15, 0.2) is 36.4 Å². The van der Waals surface area contributed by atoms with Crippen LogP contribution < -0.4 is 20.1 Å². The second kappa shape index (κ2) is 7.63. The van der Waals surface area contributed by atoms with Crippen LogP contribution in [0.1, 0.15) is 23.3 Å². The summed E-state index contributed by atoms with van der Waals surface area (Å²) >= 11 is 0. The zero-order valence-corrected chi connectivity index (χ0v) is 13.5. The lowest BCUT2D eigenvalue weighted by molar-refractivity contribution is 0.0941. The van der Waals surface area contributed by atoms with Gasteiger partial charge >= 0.3 is 0 Å². The minimum Gasteiger partial charge on any atom is -0.497 e. The molecular formula is C17H20N4O3. The van der Waals surface area contributed by atoms with Gasteiger partial charge in [0.1, 0.15) is 23.9 Å². The largest absolute Gasteiger partial charge is 0.497 e. The van der Waals surface area contributed by atoms with Crippen LogP contribution in [0.3, 0.4) is 0 Å². The fourth-order valence-corrected chi connectivity index (χ4v) is 2.06. The van der Waals surface area contributed by atoms with Crippen LogP contribution in [0.4, 0.5) is 5.82 Å². The predicted octanol–water partition coefficient (Wildman–Crippen LogP) is 1.87. The van der Waals surface area contributed by atoms with Crippen LogP contribution in [-0.4, -0.2) is 42.4 Å².